The summed E-state index contributed by atoms with van der Waals surface area (Å²) in [6.45, 7) is 7.86. The molecule has 0 bridgehead atoms. The first-order valence-electron chi connectivity index (χ1n) is 5.79. The topological polar surface area (TPSA) is 30.5 Å². The first-order valence-corrected chi connectivity index (χ1v) is 5.79. The van der Waals surface area contributed by atoms with Crippen LogP contribution < -0.4 is 5.32 Å². The van der Waals surface area contributed by atoms with Gasteiger partial charge in [-0.1, -0.05) is 6.92 Å². The summed E-state index contributed by atoms with van der Waals surface area (Å²) in [5.41, 5.74) is 0. The molecule has 0 aromatic rings. The maximum absolute atomic E-state index is 5.39. The summed E-state index contributed by atoms with van der Waals surface area (Å²) in [6, 6.07) is 0. The highest BCUT2D eigenvalue weighted by molar-refractivity contribution is 4.65. The van der Waals surface area contributed by atoms with E-state index in [1.807, 2.05) is 0 Å². The van der Waals surface area contributed by atoms with Gasteiger partial charge in [0.05, 0.1) is 6.61 Å². The van der Waals surface area contributed by atoms with E-state index in [0.717, 1.165) is 51.9 Å². The standard InChI is InChI=1S/C11H23NO2/c1-2-6-13-9-5-12-10-11-3-7-14-8-4-11/h11-12H,2-10H2,1H3. The quantitative estimate of drug-likeness (QED) is 0.632. The van der Waals surface area contributed by atoms with E-state index in [9.17, 15) is 0 Å². The maximum Gasteiger partial charge on any atom is 0.0590 e. The van der Waals surface area contributed by atoms with Crippen molar-refractivity contribution in [3.63, 3.8) is 0 Å². The second-order valence-electron chi connectivity index (χ2n) is 3.87. The molecular weight excluding hydrogens is 178 g/mol. The summed E-state index contributed by atoms with van der Waals surface area (Å²) in [6.07, 6.45) is 3.53. The van der Waals surface area contributed by atoms with Gasteiger partial charge in [-0.05, 0) is 31.7 Å². The Morgan fingerprint density at radius 1 is 1.29 bits per heavy atom. The Hall–Kier alpha value is -0.120. The number of hydrogen-bond acceptors (Lipinski definition) is 3. The van der Waals surface area contributed by atoms with Gasteiger partial charge in [0, 0.05) is 26.4 Å². The van der Waals surface area contributed by atoms with Crippen molar-refractivity contribution in [2.45, 2.75) is 26.2 Å². The zero-order valence-electron chi connectivity index (χ0n) is 9.26. The summed E-state index contributed by atoms with van der Waals surface area (Å²) < 4.78 is 10.7. The van der Waals surface area contributed by atoms with Gasteiger partial charge < -0.3 is 14.8 Å². The molecule has 0 unspecified atom stereocenters. The predicted molar refractivity (Wildman–Crippen MR) is 57.5 cm³/mol. The molecule has 1 heterocycles. The highest BCUT2D eigenvalue weighted by Crippen LogP contribution is 2.12. The van der Waals surface area contributed by atoms with E-state index in [4.69, 9.17) is 9.47 Å². The summed E-state index contributed by atoms with van der Waals surface area (Å²) in [4.78, 5) is 0. The lowest BCUT2D eigenvalue weighted by atomic mass is 10.0. The van der Waals surface area contributed by atoms with Crippen molar-refractivity contribution < 1.29 is 9.47 Å². The van der Waals surface area contributed by atoms with Crippen molar-refractivity contribution in [1.29, 1.82) is 0 Å². The minimum Gasteiger partial charge on any atom is -0.381 e. The lowest BCUT2D eigenvalue weighted by Crippen LogP contribution is -2.30. The average molecular weight is 201 g/mol. The Morgan fingerprint density at radius 2 is 2.07 bits per heavy atom. The van der Waals surface area contributed by atoms with Gasteiger partial charge in [0.25, 0.3) is 0 Å². The smallest absolute Gasteiger partial charge is 0.0590 e. The second kappa shape index (κ2) is 8.21. The molecular formula is C11H23NO2. The zero-order chi connectivity index (χ0) is 10.1. The van der Waals surface area contributed by atoms with Gasteiger partial charge in [-0.25, -0.2) is 0 Å². The lowest BCUT2D eigenvalue weighted by Gasteiger charge is -2.22. The van der Waals surface area contributed by atoms with E-state index >= 15 is 0 Å². The van der Waals surface area contributed by atoms with Gasteiger partial charge in [0.15, 0.2) is 0 Å². The highest BCUT2D eigenvalue weighted by atomic mass is 16.5. The van der Waals surface area contributed by atoms with Crippen LogP contribution in [0.15, 0.2) is 0 Å². The molecule has 1 fully saturated rings. The molecule has 1 aliphatic heterocycles. The first-order chi connectivity index (χ1) is 6.93. The molecule has 0 spiro atoms. The largest absolute Gasteiger partial charge is 0.381 e. The molecule has 3 heteroatoms. The summed E-state index contributed by atoms with van der Waals surface area (Å²) in [7, 11) is 0. The number of ether oxygens (including phenoxy) is 2. The predicted octanol–water partition coefficient (Wildman–Crippen LogP) is 1.43. The molecule has 1 rings (SSSR count). The molecule has 0 aliphatic carbocycles. The van der Waals surface area contributed by atoms with E-state index in [0.29, 0.717) is 0 Å². The third-order valence-corrected chi connectivity index (χ3v) is 2.55. The lowest BCUT2D eigenvalue weighted by molar-refractivity contribution is 0.0651. The fourth-order valence-corrected chi connectivity index (χ4v) is 1.65. The van der Waals surface area contributed by atoms with Gasteiger partial charge in [0.1, 0.15) is 0 Å². The van der Waals surface area contributed by atoms with Crippen LogP contribution in [0.25, 0.3) is 0 Å². The highest BCUT2D eigenvalue weighted by Gasteiger charge is 2.12. The van der Waals surface area contributed by atoms with Crippen LogP contribution in [0.5, 0.6) is 0 Å². The summed E-state index contributed by atoms with van der Waals surface area (Å²) >= 11 is 0. The number of nitrogens with one attached hydrogen (secondary N) is 1. The Morgan fingerprint density at radius 3 is 2.79 bits per heavy atom. The summed E-state index contributed by atoms with van der Waals surface area (Å²) in [5, 5.41) is 3.43. The molecule has 0 atom stereocenters. The van der Waals surface area contributed by atoms with Crippen LogP contribution in [-0.4, -0.2) is 39.5 Å². The van der Waals surface area contributed by atoms with Crippen molar-refractivity contribution in [3.05, 3.63) is 0 Å². The maximum atomic E-state index is 5.39. The van der Waals surface area contributed by atoms with E-state index in [-0.39, 0.29) is 0 Å². The first kappa shape index (κ1) is 12.0. The Balaban J connectivity index is 1.82. The van der Waals surface area contributed by atoms with Crippen molar-refractivity contribution in [1.82, 2.24) is 5.32 Å². The number of rotatable bonds is 7. The monoisotopic (exact) mass is 201 g/mol. The fourth-order valence-electron chi connectivity index (χ4n) is 1.65. The number of hydrogen-bond donors (Lipinski definition) is 1. The van der Waals surface area contributed by atoms with E-state index in [1.165, 1.54) is 12.8 Å². The molecule has 1 aliphatic rings. The van der Waals surface area contributed by atoms with Crippen LogP contribution >= 0.6 is 0 Å². The zero-order valence-corrected chi connectivity index (χ0v) is 9.26. The molecule has 1 N–H and O–H groups in total. The molecule has 0 aromatic carbocycles. The van der Waals surface area contributed by atoms with E-state index in [1.54, 1.807) is 0 Å². The van der Waals surface area contributed by atoms with E-state index < -0.39 is 0 Å². The van der Waals surface area contributed by atoms with Crippen molar-refractivity contribution in [2.24, 2.45) is 5.92 Å². The molecule has 84 valence electrons. The van der Waals surface area contributed by atoms with Crippen LogP contribution in [0, 0.1) is 5.92 Å². The van der Waals surface area contributed by atoms with Crippen LogP contribution in [0.4, 0.5) is 0 Å². The normalized spacial score (nSPS) is 18.6. The minimum absolute atomic E-state index is 0.815. The molecule has 1 saturated heterocycles. The third kappa shape index (κ3) is 5.58. The van der Waals surface area contributed by atoms with Gasteiger partial charge in [0.2, 0.25) is 0 Å². The van der Waals surface area contributed by atoms with Crippen LogP contribution in [-0.2, 0) is 9.47 Å². The van der Waals surface area contributed by atoms with Gasteiger partial charge >= 0.3 is 0 Å². The van der Waals surface area contributed by atoms with Crippen molar-refractivity contribution in [3.8, 4) is 0 Å². The van der Waals surface area contributed by atoms with Crippen LogP contribution in [0.3, 0.4) is 0 Å². The third-order valence-electron chi connectivity index (χ3n) is 2.55. The van der Waals surface area contributed by atoms with Gasteiger partial charge in [-0.3, -0.25) is 0 Å². The molecule has 0 aromatic heterocycles. The molecule has 0 amide bonds. The minimum atomic E-state index is 0.815. The second-order valence-corrected chi connectivity index (χ2v) is 3.87. The SMILES string of the molecule is CCCOCCNCC1CCOCC1. The van der Waals surface area contributed by atoms with Crippen molar-refractivity contribution in [2.75, 3.05) is 39.5 Å². The van der Waals surface area contributed by atoms with Crippen LogP contribution in [0.1, 0.15) is 26.2 Å². The average Bonchev–Trinajstić information content (AvgIpc) is 2.25. The molecule has 14 heavy (non-hydrogen) atoms. The van der Waals surface area contributed by atoms with E-state index in [2.05, 4.69) is 12.2 Å². The van der Waals surface area contributed by atoms with Gasteiger partial charge in [-0.15, -0.1) is 0 Å². The Bertz CT molecular complexity index is 124. The molecule has 0 radical (unpaired) electrons. The molecule has 0 saturated carbocycles. The summed E-state index contributed by atoms with van der Waals surface area (Å²) in [5.74, 6) is 0.815. The Kier molecular flexibility index (Phi) is 7.01. The van der Waals surface area contributed by atoms with Crippen molar-refractivity contribution >= 4 is 0 Å². The van der Waals surface area contributed by atoms with Crippen LogP contribution in [0.2, 0.25) is 0 Å². The Labute approximate surface area is 87.2 Å². The van der Waals surface area contributed by atoms with Gasteiger partial charge in [-0.2, -0.15) is 0 Å². The fraction of sp³-hybridized carbons (Fsp3) is 1.00. The molecule has 3 nitrogen and oxygen atoms in total.